The third kappa shape index (κ3) is 3.66. The zero-order valence-electron chi connectivity index (χ0n) is 16.7. The number of amides is 1. The largest absolute Gasteiger partial charge is 0.505 e. The molecular formula is C21H18N4O6. The Balaban J connectivity index is 1.81. The summed E-state index contributed by atoms with van der Waals surface area (Å²) in [5.74, 6) is -0.0100. The van der Waals surface area contributed by atoms with Crippen LogP contribution in [0.3, 0.4) is 0 Å². The molecule has 4 aromatic rings. The molecule has 1 amide bonds. The first-order valence-corrected chi connectivity index (χ1v) is 9.17. The number of fused-ring (bicyclic) bond motifs is 3. The van der Waals surface area contributed by atoms with Crippen LogP contribution in [-0.4, -0.2) is 52.3 Å². The van der Waals surface area contributed by atoms with Crippen molar-refractivity contribution in [2.24, 2.45) is 0 Å². The van der Waals surface area contributed by atoms with E-state index >= 15 is 0 Å². The zero-order chi connectivity index (χ0) is 22.0. The molecule has 0 saturated heterocycles. The number of pyridine rings is 1. The Hall–Kier alpha value is -4.34. The first kappa shape index (κ1) is 20.0. The lowest BCUT2D eigenvalue weighted by molar-refractivity contribution is -0.139. The molecule has 10 nitrogen and oxygen atoms in total. The zero-order valence-corrected chi connectivity index (χ0v) is 16.7. The highest BCUT2D eigenvalue weighted by molar-refractivity contribution is 6.09. The maximum atomic E-state index is 12.7. The second-order valence-electron chi connectivity index (χ2n) is 6.41. The maximum Gasteiger partial charge on any atom is 0.325 e. The summed E-state index contributed by atoms with van der Waals surface area (Å²) in [5.41, 5.74) is 0.144. The summed E-state index contributed by atoms with van der Waals surface area (Å²) in [6.45, 7) is -0.358. The van der Waals surface area contributed by atoms with Gasteiger partial charge < -0.3 is 24.6 Å². The molecule has 2 aromatic heterocycles. The van der Waals surface area contributed by atoms with E-state index in [0.29, 0.717) is 33.7 Å². The average Bonchev–Trinajstić information content (AvgIpc) is 3.27. The molecule has 158 valence electrons. The molecule has 31 heavy (non-hydrogen) atoms. The number of carbonyl (C=O) groups is 2. The highest BCUT2D eigenvalue weighted by atomic mass is 16.5. The highest BCUT2D eigenvalue weighted by Crippen LogP contribution is 2.38. The number of nitrogens with zero attached hydrogens (tertiary/aromatic N) is 3. The van der Waals surface area contributed by atoms with Crippen LogP contribution in [0.15, 0.2) is 48.8 Å². The van der Waals surface area contributed by atoms with E-state index in [4.69, 9.17) is 9.47 Å². The number of methoxy groups -OCH3 is 2. The maximum absolute atomic E-state index is 12.7. The van der Waals surface area contributed by atoms with Crippen LogP contribution < -0.4 is 14.8 Å². The van der Waals surface area contributed by atoms with E-state index in [-0.39, 0.29) is 18.0 Å². The minimum atomic E-state index is -0.707. The standard InChI is InChI=1S/C21H18N4O6/c1-29-12-6-8-13(9-7-12)31-15-5-3-4-14-17(15)20-23-11-24-25(20)18(19(14)27)21(28)22-10-16(26)30-2/h3-9,11,27H,10H2,1-2H3,(H,22,28). The smallest absolute Gasteiger partial charge is 0.325 e. The van der Waals surface area contributed by atoms with E-state index < -0.39 is 11.9 Å². The van der Waals surface area contributed by atoms with Crippen LogP contribution in [-0.2, 0) is 9.53 Å². The molecule has 2 heterocycles. The number of nitrogens with one attached hydrogen (secondary N) is 1. The van der Waals surface area contributed by atoms with Crippen LogP contribution in [0, 0.1) is 0 Å². The van der Waals surface area contributed by atoms with Crippen LogP contribution in [0.5, 0.6) is 23.0 Å². The molecule has 4 rings (SSSR count). The van der Waals surface area contributed by atoms with Crippen LogP contribution in [0.4, 0.5) is 0 Å². The molecule has 0 aliphatic rings. The topological polar surface area (TPSA) is 124 Å². The Morgan fingerprint density at radius 2 is 1.84 bits per heavy atom. The molecule has 0 atom stereocenters. The van der Waals surface area contributed by atoms with Crippen molar-refractivity contribution in [2.45, 2.75) is 0 Å². The molecule has 0 bridgehead atoms. The van der Waals surface area contributed by atoms with Crippen molar-refractivity contribution in [3.63, 3.8) is 0 Å². The van der Waals surface area contributed by atoms with Gasteiger partial charge in [-0.2, -0.15) is 5.10 Å². The minimum Gasteiger partial charge on any atom is -0.505 e. The normalized spacial score (nSPS) is 10.8. The number of rotatable bonds is 6. The Kier molecular flexibility index (Phi) is 5.27. The van der Waals surface area contributed by atoms with E-state index in [2.05, 4.69) is 20.1 Å². The number of hydrogen-bond acceptors (Lipinski definition) is 8. The fourth-order valence-electron chi connectivity index (χ4n) is 3.13. The van der Waals surface area contributed by atoms with Gasteiger partial charge in [-0.15, -0.1) is 0 Å². The molecule has 0 radical (unpaired) electrons. The summed E-state index contributed by atoms with van der Waals surface area (Å²) < 4.78 is 16.9. The number of carbonyl (C=O) groups excluding carboxylic acids is 2. The predicted octanol–water partition coefficient (Wildman–Crippen LogP) is 2.29. The first-order chi connectivity index (χ1) is 15.0. The van der Waals surface area contributed by atoms with Gasteiger partial charge in [0, 0.05) is 5.39 Å². The molecule has 0 aliphatic heterocycles. The minimum absolute atomic E-state index is 0.162. The van der Waals surface area contributed by atoms with E-state index in [1.165, 1.54) is 18.0 Å². The van der Waals surface area contributed by atoms with Crippen molar-refractivity contribution in [1.29, 1.82) is 0 Å². The summed E-state index contributed by atoms with van der Waals surface area (Å²) in [5, 5.41) is 18.2. The van der Waals surface area contributed by atoms with Crippen molar-refractivity contribution >= 4 is 28.3 Å². The molecule has 0 aliphatic carbocycles. The number of esters is 1. The van der Waals surface area contributed by atoms with Crippen molar-refractivity contribution in [2.75, 3.05) is 20.8 Å². The lowest BCUT2D eigenvalue weighted by Crippen LogP contribution is -2.31. The Labute approximate surface area is 176 Å². The fraction of sp³-hybridized carbons (Fsp3) is 0.143. The summed E-state index contributed by atoms with van der Waals surface area (Å²) in [7, 11) is 2.78. The molecule has 0 unspecified atom stereocenters. The lowest BCUT2D eigenvalue weighted by Gasteiger charge is -2.14. The van der Waals surface area contributed by atoms with Crippen molar-refractivity contribution in [3.05, 3.63) is 54.5 Å². The van der Waals surface area contributed by atoms with Crippen LogP contribution in [0.1, 0.15) is 10.5 Å². The third-order valence-corrected chi connectivity index (χ3v) is 4.61. The summed E-state index contributed by atoms with van der Waals surface area (Å²) in [6, 6.07) is 12.0. The fourth-order valence-corrected chi connectivity index (χ4v) is 3.13. The lowest BCUT2D eigenvalue weighted by atomic mass is 10.1. The quantitative estimate of drug-likeness (QED) is 0.454. The van der Waals surface area contributed by atoms with Gasteiger partial charge >= 0.3 is 5.97 Å². The van der Waals surface area contributed by atoms with E-state index in [1.54, 1.807) is 49.6 Å². The van der Waals surface area contributed by atoms with Crippen molar-refractivity contribution in [3.8, 4) is 23.0 Å². The molecule has 0 spiro atoms. The average molecular weight is 422 g/mol. The summed E-state index contributed by atoms with van der Waals surface area (Å²) >= 11 is 0. The van der Waals surface area contributed by atoms with Crippen molar-refractivity contribution in [1.82, 2.24) is 19.9 Å². The number of aromatic hydroxyl groups is 1. The van der Waals surface area contributed by atoms with Gasteiger partial charge in [0.2, 0.25) is 0 Å². The molecule has 10 heteroatoms. The van der Waals surface area contributed by atoms with Gasteiger partial charge in [-0.25, -0.2) is 9.50 Å². The van der Waals surface area contributed by atoms with Gasteiger partial charge in [-0.1, -0.05) is 12.1 Å². The second-order valence-corrected chi connectivity index (χ2v) is 6.41. The molecule has 2 aromatic carbocycles. The van der Waals surface area contributed by atoms with Gasteiger partial charge in [0.15, 0.2) is 17.1 Å². The highest BCUT2D eigenvalue weighted by Gasteiger charge is 2.24. The molecule has 0 saturated carbocycles. The van der Waals surface area contributed by atoms with Gasteiger partial charge in [-0.05, 0) is 30.3 Å². The molecule has 0 fully saturated rings. The number of benzene rings is 2. The van der Waals surface area contributed by atoms with Gasteiger partial charge in [0.25, 0.3) is 5.91 Å². The number of aromatic nitrogens is 3. The second kappa shape index (κ2) is 8.19. The van der Waals surface area contributed by atoms with Crippen LogP contribution in [0.2, 0.25) is 0 Å². The van der Waals surface area contributed by atoms with Crippen LogP contribution in [0.25, 0.3) is 16.4 Å². The van der Waals surface area contributed by atoms with E-state index in [0.717, 1.165) is 0 Å². The van der Waals surface area contributed by atoms with Gasteiger partial charge in [-0.3, -0.25) is 9.59 Å². The van der Waals surface area contributed by atoms with Crippen LogP contribution >= 0.6 is 0 Å². The Morgan fingerprint density at radius 3 is 2.55 bits per heavy atom. The van der Waals surface area contributed by atoms with E-state index in [1.807, 2.05) is 0 Å². The first-order valence-electron chi connectivity index (χ1n) is 9.17. The van der Waals surface area contributed by atoms with Crippen molar-refractivity contribution < 1.29 is 28.9 Å². The predicted molar refractivity (Wildman–Crippen MR) is 110 cm³/mol. The Morgan fingerprint density at radius 1 is 1.10 bits per heavy atom. The third-order valence-electron chi connectivity index (χ3n) is 4.61. The number of ether oxygens (including phenoxy) is 3. The summed E-state index contributed by atoms with van der Waals surface area (Å²) in [6.07, 6.45) is 1.26. The van der Waals surface area contributed by atoms with Gasteiger partial charge in [0.1, 0.15) is 30.1 Å². The monoisotopic (exact) mass is 422 g/mol. The van der Waals surface area contributed by atoms with E-state index in [9.17, 15) is 14.7 Å². The molecule has 2 N–H and O–H groups in total. The Bertz CT molecular complexity index is 1280. The number of hydrogen-bond donors (Lipinski definition) is 2. The SMILES string of the molecule is COC(=O)CNC(=O)c1c(O)c2cccc(Oc3ccc(OC)cc3)c2c2ncnn12. The summed E-state index contributed by atoms with van der Waals surface area (Å²) in [4.78, 5) is 28.3. The van der Waals surface area contributed by atoms with Gasteiger partial charge in [0.05, 0.1) is 19.6 Å². The molecular weight excluding hydrogens is 404 g/mol.